The third-order valence-electron chi connectivity index (χ3n) is 4.81. The number of benzene rings is 1. The van der Waals surface area contributed by atoms with Gasteiger partial charge in [-0.25, -0.2) is 8.42 Å². The van der Waals surface area contributed by atoms with Crippen molar-refractivity contribution in [2.24, 2.45) is 0 Å². The molecule has 0 saturated carbocycles. The Hall–Kier alpha value is -2.58. The van der Waals surface area contributed by atoms with Crippen LogP contribution in [0.15, 0.2) is 51.8 Å². The Labute approximate surface area is 158 Å². The van der Waals surface area contributed by atoms with E-state index < -0.39 is 10.0 Å². The molecule has 0 unspecified atom stereocenters. The van der Waals surface area contributed by atoms with E-state index in [1.807, 2.05) is 43.3 Å². The molecule has 1 saturated heterocycles. The van der Waals surface area contributed by atoms with Gasteiger partial charge in [-0.15, -0.1) is 0 Å². The van der Waals surface area contributed by atoms with E-state index in [4.69, 9.17) is 4.42 Å². The first-order valence-corrected chi connectivity index (χ1v) is 10.3. The number of aromatic amines is 1. The molecule has 0 aliphatic carbocycles. The van der Waals surface area contributed by atoms with Gasteiger partial charge in [0.15, 0.2) is 5.76 Å². The number of nitrogens with zero attached hydrogens (tertiary/aromatic N) is 3. The van der Waals surface area contributed by atoms with Gasteiger partial charge in [0, 0.05) is 43.6 Å². The minimum absolute atomic E-state index is 0.214. The Morgan fingerprint density at radius 2 is 1.74 bits per heavy atom. The van der Waals surface area contributed by atoms with Gasteiger partial charge in [0.1, 0.15) is 16.3 Å². The third kappa shape index (κ3) is 3.38. The predicted octanol–water partition coefficient (Wildman–Crippen LogP) is 2.80. The maximum atomic E-state index is 13.1. The summed E-state index contributed by atoms with van der Waals surface area (Å²) in [5.74, 6) is 0.842. The van der Waals surface area contributed by atoms with Crippen LogP contribution in [0.4, 0.5) is 5.69 Å². The Kier molecular flexibility index (Phi) is 4.53. The van der Waals surface area contributed by atoms with Crippen LogP contribution in [0.3, 0.4) is 0 Å². The highest BCUT2D eigenvalue weighted by Gasteiger charge is 2.32. The average Bonchev–Trinajstić information content (AvgIpc) is 3.28. The first kappa shape index (κ1) is 17.8. The fraction of sp³-hybridized carbons (Fsp3) is 0.316. The van der Waals surface area contributed by atoms with Crippen molar-refractivity contribution in [3.8, 4) is 11.5 Å². The van der Waals surface area contributed by atoms with Crippen molar-refractivity contribution >= 4 is 15.7 Å². The molecule has 0 atom stereocenters. The summed E-state index contributed by atoms with van der Waals surface area (Å²) in [4.78, 5) is 2.41. The number of furan rings is 1. The zero-order chi connectivity index (χ0) is 19.0. The van der Waals surface area contributed by atoms with Crippen LogP contribution in [0.2, 0.25) is 0 Å². The summed E-state index contributed by atoms with van der Waals surface area (Å²) in [6.07, 6.45) is 0. The maximum absolute atomic E-state index is 13.1. The highest BCUT2D eigenvalue weighted by molar-refractivity contribution is 7.89. The number of hydrogen-bond acceptors (Lipinski definition) is 5. The number of anilines is 1. The topological polar surface area (TPSA) is 82.4 Å². The number of aryl methyl sites for hydroxylation is 2. The van der Waals surface area contributed by atoms with Crippen molar-refractivity contribution in [3.05, 3.63) is 53.9 Å². The SMILES string of the molecule is Cc1cc(-c2cc(S(=O)(=O)N3CCN(c4ccccc4)CC3)c(C)o2)n[nH]1. The van der Waals surface area contributed by atoms with Gasteiger partial charge in [0.2, 0.25) is 10.0 Å². The molecule has 4 rings (SSSR count). The fourth-order valence-corrected chi connectivity index (χ4v) is 4.94. The molecular weight excluding hydrogens is 364 g/mol. The highest BCUT2D eigenvalue weighted by atomic mass is 32.2. The smallest absolute Gasteiger partial charge is 0.246 e. The molecule has 1 fully saturated rings. The van der Waals surface area contributed by atoms with E-state index in [9.17, 15) is 8.42 Å². The van der Waals surface area contributed by atoms with Gasteiger partial charge in [-0.2, -0.15) is 9.40 Å². The maximum Gasteiger partial charge on any atom is 0.246 e. The van der Waals surface area contributed by atoms with Crippen LogP contribution in [0, 0.1) is 13.8 Å². The van der Waals surface area contributed by atoms with Gasteiger partial charge in [0.05, 0.1) is 0 Å². The summed E-state index contributed by atoms with van der Waals surface area (Å²) >= 11 is 0. The molecule has 1 aliphatic heterocycles. The van der Waals surface area contributed by atoms with E-state index in [2.05, 4.69) is 15.1 Å². The summed E-state index contributed by atoms with van der Waals surface area (Å²) in [7, 11) is -3.60. The van der Waals surface area contributed by atoms with E-state index >= 15 is 0 Å². The summed E-state index contributed by atoms with van der Waals surface area (Å²) < 4.78 is 33.5. The lowest BCUT2D eigenvalue weighted by molar-refractivity contribution is 0.383. The van der Waals surface area contributed by atoms with E-state index in [1.54, 1.807) is 13.0 Å². The second-order valence-corrected chi connectivity index (χ2v) is 8.60. The second-order valence-electron chi connectivity index (χ2n) is 6.69. The monoisotopic (exact) mass is 386 g/mol. The van der Waals surface area contributed by atoms with Gasteiger partial charge in [-0.3, -0.25) is 5.10 Å². The normalized spacial score (nSPS) is 16.0. The number of H-pyrrole nitrogens is 1. The second kappa shape index (κ2) is 6.86. The van der Waals surface area contributed by atoms with Crippen LogP contribution in [-0.2, 0) is 10.0 Å². The Morgan fingerprint density at radius 3 is 2.37 bits per heavy atom. The number of nitrogens with one attached hydrogen (secondary N) is 1. The van der Waals surface area contributed by atoms with Crippen molar-refractivity contribution in [1.82, 2.24) is 14.5 Å². The Balaban J connectivity index is 1.53. The van der Waals surface area contributed by atoms with Crippen molar-refractivity contribution < 1.29 is 12.8 Å². The Morgan fingerprint density at radius 1 is 1.04 bits per heavy atom. The summed E-state index contributed by atoms with van der Waals surface area (Å²) in [6, 6.07) is 13.4. The number of piperazine rings is 1. The van der Waals surface area contributed by atoms with Crippen LogP contribution >= 0.6 is 0 Å². The minimum Gasteiger partial charge on any atom is -0.458 e. The number of para-hydroxylation sites is 1. The van der Waals surface area contributed by atoms with Crippen LogP contribution < -0.4 is 4.90 Å². The molecule has 0 amide bonds. The molecule has 27 heavy (non-hydrogen) atoms. The summed E-state index contributed by atoms with van der Waals surface area (Å²) in [5, 5.41) is 6.99. The number of hydrogen-bond donors (Lipinski definition) is 1. The molecule has 0 spiro atoms. The fourth-order valence-electron chi connectivity index (χ4n) is 3.36. The highest BCUT2D eigenvalue weighted by Crippen LogP contribution is 2.30. The number of sulfonamides is 1. The Bertz CT molecular complexity index is 1030. The predicted molar refractivity (Wildman–Crippen MR) is 103 cm³/mol. The van der Waals surface area contributed by atoms with E-state index in [1.165, 1.54) is 4.31 Å². The van der Waals surface area contributed by atoms with Crippen LogP contribution in [-0.4, -0.2) is 49.1 Å². The average molecular weight is 386 g/mol. The van der Waals surface area contributed by atoms with Gasteiger partial charge >= 0.3 is 0 Å². The van der Waals surface area contributed by atoms with E-state index in [-0.39, 0.29) is 4.90 Å². The first-order chi connectivity index (χ1) is 12.9. The lowest BCUT2D eigenvalue weighted by Gasteiger charge is -2.35. The first-order valence-electron chi connectivity index (χ1n) is 8.88. The lowest BCUT2D eigenvalue weighted by atomic mass is 10.2. The van der Waals surface area contributed by atoms with Crippen LogP contribution in [0.1, 0.15) is 11.5 Å². The lowest BCUT2D eigenvalue weighted by Crippen LogP contribution is -2.48. The van der Waals surface area contributed by atoms with Crippen LogP contribution in [0.5, 0.6) is 0 Å². The van der Waals surface area contributed by atoms with Crippen molar-refractivity contribution in [2.45, 2.75) is 18.7 Å². The molecule has 8 heteroatoms. The number of rotatable bonds is 4. The van der Waals surface area contributed by atoms with Crippen LogP contribution in [0.25, 0.3) is 11.5 Å². The molecule has 1 aliphatic rings. The standard InChI is InChI=1S/C19H22N4O3S/c1-14-12-17(21-20-14)18-13-19(15(2)26-18)27(24,25)23-10-8-22(9-11-23)16-6-4-3-5-7-16/h3-7,12-13H,8-11H2,1-2H3,(H,20,21). The molecule has 0 radical (unpaired) electrons. The largest absolute Gasteiger partial charge is 0.458 e. The third-order valence-corrected chi connectivity index (χ3v) is 6.81. The molecule has 7 nitrogen and oxygen atoms in total. The van der Waals surface area contributed by atoms with Gasteiger partial charge in [0.25, 0.3) is 0 Å². The van der Waals surface area contributed by atoms with Gasteiger partial charge < -0.3 is 9.32 Å². The van der Waals surface area contributed by atoms with Gasteiger partial charge in [-0.05, 0) is 32.0 Å². The van der Waals surface area contributed by atoms with E-state index in [0.29, 0.717) is 43.4 Å². The minimum atomic E-state index is -3.60. The zero-order valence-corrected chi connectivity index (χ0v) is 16.2. The summed E-state index contributed by atoms with van der Waals surface area (Å²) in [6.45, 7) is 5.76. The molecule has 0 bridgehead atoms. The summed E-state index contributed by atoms with van der Waals surface area (Å²) in [5.41, 5.74) is 2.61. The van der Waals surface area contributed by atoms with Crippen molar-refractivity contribution in [1.29, 1.82) is 0 Å². The number of aromatic nitrogens is 2. The molecule has 1 N–H and O–H groups in total. The molecule has 3 heterocycles. The molecule has 1 aromatic carbocycles. The molecule has 2 aromatic heterocycles. The van der Waals surface area contributed by atoms with Crippen molar-refractivity contribution in [2.75, 3.05) is 31.1 Å². The quantitative estimate of drug-likeness (QED) is 0.746. The molecular formula is C19H22N4O3S. The zero-order valence-electron chi connectivity index (χ0n) is 15.3. The van der Waals surface area contributed by atoms with Crippen molar-refractivity contribution in [3.63, 3.8) is 0 Å². The van der Waals surface area contributed by atoms with E-state index in [0.717, 1.165) is 11.4 Å². The molecule has 3 aromatic rings. The van der Waals surface area contributed by atoms with Gasteiger partial charge in [-0.1, -0.05) is 18.2 Å². The molecule has 142 valence electrons.